The molecular formula is C12H13N5O2S. The quantitative estimate of drug-likeness (QED) is 0.255. The summed E-state index contributed by atoms with van der Waals surface area (Å²) < 4.78 is 0. The van der Waals surface area contributed by atoms with Gasteiger partial charge in [-0.3, -0.25) is 4.79 Å². The molecule has 0 radical (unpaired) electrons. The van der Waals surface area contributed by atoms with Gasteiger partial charge in [-0.2, -0.15) is 0 Å². The number of nitrogens with two attached hydrogens (primary N) is 1. The van der Waals surface area contributed by atoms with Gasteiger partial charge >= 0.3 is 0 Å². The van der Waals surface area contributed by atoms with E-state index in [0.717, 1.165) is 17.5 Å². The molecule has 0 saturated heterocycles. The Kier molecular flexibility index (Phi) is 4.04. The summed E-state index contributed by atoms with van der Waals surface area (Å²) in [5.74, 6) is -0.0463. The first kappa shape index (κ1) is 14.1. The number of pyridine rings is 1. The third-order valence-electron chi connectivity index (χ3n) is 2.42. The van der Waals surface area contributed by atoms with Crippen molar-refractivity contribution >= 4 is 17.6 Å². The highest BCUT2D eigenvalue weighted by Gasteiger charge is 2.12. The lowest BCUT2D eigenvalue weighted by molar-refractivity contribution is 0.318. The average molecular weight is 291 g/mol. The summed E-state index contributed by atoms with van der Waals surface area (Å²) in [6.07, 6.45) is 0. The Balaban J connectivity index is 2.47. The van der Waals surface area contributed by atoms with E-state index >= 15 is 0 Å². The smallest absolute Gasteiger partial charge is 0.251 e. The number of aryl methyl sites for hydroxylation is 2. The first-order valence-corrected chi connectivity index (χ1v) is 6.52. The zero-order valence-electron chi connectivity index (χ0n) is 10.9. The minimum absolute atomic E-state index is 0.0463. The number of rotatable bonds is 3. The van der Waals surface area contributed by atoms with E-state index in [0.29, 0.717) is 21.4 Å². The lowest BCUT2D eigenvalue weighted by Crippen LogP contribution is -2.15. The van der Waals surface area contributed by atoms with E-state index in [-0.39, 0.29) is 11.4 Å². The van der Waals surface area contributed by atoms with Gasteiger partial charge in [-0.05, 0) is 37.7 Å². The number of amidine groups is 1. The highest BCUT2D eigenvalue weighted by atomic mass is 32.2. The molecule has 0 aliphatic rings. The molecule has 0 fully saturated rings. The standard InChI is InChI=1S/C12H13N5O2S/c1-6-3-4-8(10(13)17-19)11(14-6)20-12-15-7(2)5-9(18)16-12/h3-5,19H,1-2H3,(H2,13,17)(H,15,16,18). The molecule has 2 heterocycles. The Labute approximate surface area is 119 Å². The molecule has 2 aromatic heterocycles. The molecule has 0 saturated carbocycles. The van der Waals surface area contributed by atoms with Gasteiger partial charge in [0, 0.05) is 17.5 Å². The Morgan fingerprint density at radius 1 is 1.35 bits per heavy atom. The zero-order chi connectivity index (χ0) is 14.7. The monoisotopic (exact) mass is 291 g/mol. The molecule has 7 nitrogen and oxygen atoms in total. The summed E-state index contributed by atoms with van der Waals surface area (Å²) in [4.78, 5) is 22.6. The van der Waals surface area contributed by atoms with E-state index in [1.807, 2.05) is 6.92 Å². The van der Waals surface area contributed by atoms with E-state index in [4.69, 9.17) is 10.9 Å². The maximum atomic E-state index is 11.4. The average Bonchev–Trinajstić information content (AvgIpc) is 2.37. The summed E-state index contributed by atoms with van der Waals surface area (Å²) in [5, 5.41) is 12.7. The van der Waals surface area contributed by atoms with Crippen LogP contribution < -0.4 is 11.3 Å². The molecule has 0 amide bonds. The van der Waals surface area contributed by atoms with Crippen LogP contribution >= 0.6 is 11.8 Å². The van der Waals surface area contributed by atoms with Gasteiger partial charge in [0.15, 0.2) is 11.0 Å². The van der Waals surface area contributed by atoms with Crippen LogP contribution in [0.1, 0.15) is 17.0 Å². The Bertz CT molecular complexity index is 726. The molecule has 0 aromatic carbocycles. The summed E-state index contributed by atoms with van der Waals surface area (Å²) in [7, 11) is 0. The van der Waals surface area contributed by atoms with Crippen LogP contribution in [0.4, 0.5) is 0 Å². The predicted octanol–water partition coefficient (Wildman–Crippen LogP) is 1.03. The number of hydrogen-bond donors (Lipinski definition) is 3. The van der Waals surface area contributed by atoms with Gasteiger partial charge in [-0.25, -0.2) is 9.97 Å². The SMILES string of the molecule is Cc1cc(=O)[nH]c(Sc2nc(C)ccc2C(N)=NO)n1. The van der Waals surface area contributed by atoms with Crippen LogP contribution in [0.3, 0.4) is 0 Å². The maximum Gasteiger partial charge on any atom is 0.251 e. The third kappa shape index (κ3) is 3.15. The third-order valence-corrected chi connectivity index (χ3v) is 3.32. The lowest BCUT2D eigenvalue weighted by Gasteiger charge is -2.07. The van der Waals surface area contributed by atoms with Crippen LogP contribution in [0.15, 0.2) is 38.3 Å². The van der Waals surface area contributed by atoms with Crippen molar-refractivity contribution in [3.63, 3.8) is 0 Å². The molecule has 8 heteroatoms. The number of nitrogens with one attached hydrogen (secondary N) is 1. The molecule has 2 rings (SSSR count). The lowest BCUT2D eigenvalue weighted by atomic mass is 10.2. The van der Waals surface area contributed by atoms with E-state index in [2.05, 4.69) is 20.1 Å². The van der Waals surface area contributed by atoms with Crippen molar-refractivity contribution in [3.8, 4) is 0 Å². The predicted molar refractivity (Wildman–Crippen MR) is 75.2 cm³/mol. The van der Waals surface area contributed by atoms with Crippen molar-refractivity contribution in [3.05, 3.63) is 45.5 Å². The topological polar surface area (TPSA) is 117 Å². The highest BCUT2D eigenvalue weighted by Crippen LogP contribution is 2.25. The summed E-state index contributed by atoms with van der Waals surface area (Å²) in [6.45, 7) is 3.56. The van der Waals surface area contributed by atoms with E-state index in [1.54, 1.807) is 19.1 Å². The highest BCUT2D eigenvalue weighted by molar-refractivity contribution is 7.99. The molecule has 20 heavy (non-hydrogen) atoms. The van der Waals surface area contributed by atoms with Gasteiger partial charge in [-0.1, -0.05) is 5.16 Å². The number of aromatic nitrogens is 3. The van der Waals surface area contributed by atoms with Crippen molar-refractivity contribution in [2.75, 3.05) is 0 Å². The first-order chi connectivity index (χ1) is 9.49. The molecule has 104 valence electrons. The fraction of sp³-hybridized carbons (Fsp3) is 0.167. The number of nitrogens with zero attached hydrogens (tertiary/aromatic N) is 3. The van der Waals surface area contributed by atoms with Gasteiger partial charge < -0.3 is 15.9 Å². The normalized spacial score (nSPS) is 11.6. The molecule has 4 N–H and O–H groups in total. The van der Waals surface area contributed by atoms with Crippen LogP contribution in [-0.4, -0.2) is 26.0 Å². The molecule has 0 spiro atoms. The minimum Gasteiger partial charge on any atom is -0.409 e. The fourth-order valence-electron chi connectivity index (χ4n) is 1.55. The van der Waals surface area contributed by atoms with Crippen LogP contribution in [0, 0.1) is 13.8 Å². The zero-order valence-corrected chi connectivity index (χ0v) is 11.7. The minimum atomic E-state index is -0.238. The van der Waals surface area contributed by atoms with Crippen molar-refractivity contribution in [1.82, 2.24) is 15.0 Å². The molecule has 2 aromatic rings. The molecule has 0 aliphatic heterocycles. The van der Waals surface area contributed by atoms with Crippen LogP contribution in [-0.2, 0) is 0 Å². The van der Waals surface area contributed by atoms with Crippen molar-refractivity contribution in [2.24, 2.45) is 10.9 Å². The molecule has 0 atom stereocenters. The number of hydrogen-bond acceptors (Lipinski definition) is 6. The Hall–Kier alpha value is -2.35. The number of aromatic amines is 1. The van der Waals surface area contributed by atoms with Crippen molar-refractivity contribution in [2.45, 2.75) is 24.0 Å². The summed E-state index contributed by atoms with van der Waals surface area (Å²) >= 11 is 1.15. The van der Waals surface area contributed by atoms with Gasteiger partial charge in [0.2, 0.25) is 0 Å². The van der Waals surface area contributed by atoms with Crippen LogP contribution in [0.25, 0.3) is 0 Å². The van der Waals surface area contributed by atoms with E-state index < -0.39 is 0 Å². The second-order valence-corrected chi connectivity index (χ2v) is 5.06. The van der Waals surface area contributed by atoms with Crippen molar-refractivity contribution < 1.29 is 5.21 Å². The number of oxime groups is 1. The Morgan fingerprint density at radius 2 is 2.10 bits per heavy atom. The summed E-state index contributed by atoms with van der Waals surface area (Å²) in [5.41, 5.74) is 7.23. The molecule has 0 bridgehead atoms. The first-order valence-electron chi connectivity index (χ1n) is 5.71. The van der Waals surface area contributed by atoms with E-state index in [9.17, 15) is 4.79 Å². The second-order valence-electron chi connectivity index (χ2n) is 4.08. The van der Waals surface area contributed by atoms with Gasteiger partial charge in [0.1, 0.15) is 5.03 Å². The van der Waals surface area contributed by atoms with Gasteiger partial charge in [0.25, 0.3) is 5.56 Å². The number of H-pyrrole nitrogens is 1. The summed E-state index contributed by atoms with van der Waals surface area (Å²) in [6, 6.07) is 4.86. The largest absolute Gasteiger partial charge is 0.409 e. The molecular weight excluding hydrogens is 278 g/mol. The Morgan fingerprint density at radius 3 is 2.75 bits per heavy atom. The van der Waals surface area contributed by atoms with Crippen molar-refractivity contribution in [1.29, 1.82) is 0 Å². The maximum absolute atomic E-state index is 11.4. The van der Waals surface area contributed by atoms with Gasteiger partial charge in [0.05, 0.1) is 5.56 Å². The molecule has 0 unspecified atom stereocenters. The van der Waals surface area contributed by atoms with Crippen LogP contribution in [0.5, 0.6) is 0 Å². The van der Waals surface area contributed by atoms with Crippen LogP contribution in [0.2, 0.25) is 0 Å². The molecule has 0 aliphatic carbocycles. The van der Waals surface area contributed by atoms with E-state index in [1.165, 1.54) is 6.07 Å². The second kappa shape index (κ2) is 5.74. The van der Waals surface area contributed by atoms with Gasteiger partial charge in [-0.15, -0.1) is 0 Å². The fourth-order valence-corrected chi connectivity index (χ4v) is 2.55.